The Morgan fingerprint density at radius 3 is 2.36 bits per heavy atom. The van der Waals surface area contributed by atoms with E-state index in [1.165, 1.54) is 7.11 Å². The predicted octanol–water partition coefficient (Wildman–Crippen LogP) is 4.02. The summed E-state index contributed by atoms with van der Waals surface area (Å²) in [5.41, 5.74) is 3.74. The van der Waals surface area contributed by atoms with Gasteiger partial charge in [0.1, 0.15) is 5.75 Å². The molecule has 28 heavy (non-hydrogen) atoms. The smallest absolute Gasteiger partial charge is 0.275 e. The van der Waals surface area contributed by atoms with Gasteiger partial charge < -0.3 is 14.2 Å². The van der Waals surface area contributed by atoms with Crippen LogP contribution in [-0.4, -0.2) is 32.9 Å². The van der Waals surface area contributed by atoms with Crippen molar-refractivity contribution in [2.45, 2.75) is 6.92 Å². The summed E-state index contributed by atoms with van der Waals surface area (Å²) in [5, 5.41) is 6.01. The molecular weight excluding hydrogens is 356 g/mol. The number of carbonyl (C=O) groups excluding carboxylic acids is 1. The molecule has 3 aromatic rings. The van der Waals surface area contributed by atoms with Gasteiger partial charge in [-0.25, -0.2) is 5.43 Å². The monoisotopic (exact) mass is 378 g/mol. The maximum absolute atomic E-state index is 12.6. The van der Waals surface area contributed by atoms with Gasteiger partial charge in [-0.1, -0.05) is 24.3 Å². The molecule has 0 radical (unpaired) electrons. The third kappa shape index (κ3) is 4.23. The SMILES string of the molecule is CCOc1cc(/C=N\NC(=O)c2cc3ccccc3cc2OC)ccc1OC. The van der Waals surface area contributed by atoms with Crippen LogP contribution >= 0.6 is 0 Å². The zero-order chi connectivity index (χ0) is 19.9. The van der Waals surface area contributed by atoms with E-state index in [-0.39, 0.29) is 5.91 Å². The van der Waals surface area contributed by atoms with Crippen LogP contribution in [0.3, 0.4) is 0 Å². The number of ether oxygens (including phenoxy) is 3. The van der Waals surface area contributed by atoms with Crippen LogP contribution in [0.1, 0.15) is 22.8 Å². The molecule has 0 atom stereocenters. The van der Waals surface area contributed by atoms with E-state index in [0.29, 0.717) is 29.4 Å². The minimum atomic E-state index is -0.350. The molecule has 3 rings (SSSR count). The van der Waals surface area contributed by atoms with Gasteiger partial charge in [0, 0.05) is 0 Å². The van der Waals surface area contributed by atoms with Gasteiger partial charge in [-0.2, -0.15) is 5.10 Å². The zero-order valence-corrected chi connectivity index (χ0v) is 16.1. The highest BCUT2D eigenvalue weighted by Crippen LogP contribution is 2.28. The molecule has 1 N–H and O–H groups in total. The molecule has 0 saturated heterocycles. The Kier molecular flexibility index (Phi) is 6.11. The lowest BCUT2D eigenvalue weighted by Crippen LogP contribution is -2.18. The lowest BCUT2D eigenvalue weighted by molar-refractivity contribution is 0.0952. The fraction of sp³-hybridized carbons (Fsp3) is 0.182. The van der Waals surface area contributed by atoms with Crippen molar-refractivity contribution in [3.63, 3.8) is 0 Å². The van der Waals surface area contributed by atoms with Crippen molar-refractivity contribution in [2.24, 2.45) is 5.10 Å². The standard InChI is InChI=1S/C22H22N2O4/c1-4-28-21-11-15(9-10-19(21)26-2)14-23-24-22(25)18-12-16-7-5-6-8-17(16)13-20(18)27-3/h5-14H,4H2,1-3H3,(H,24,25)/b23-14-. The molecule has 0 aliphatic heterocycles. The topological polar surface area (TPSA) is 69.2 Å². The number of hydrogen-bond donors (Lipinski definition) is 1. The Balaban J connectivity index is 1.78. The maximum Gasteiger partial charge on any atom is 0.275 e. The second kappa shape index (κ2) is 8.90. The largest absolute Gasteiger partial charge is 0.496 e. The second-order valence-electron chi connectivity index (χ2n) is 5.94. The van der Waals surface area contributed by atoms with E-state index < -0.39 is 0 Å². The Morgan fingerprint density at radius 2 is 1.68 bits per heavy atom. The van der Waals surface area contributed by atoms with Crippen LogP contribution in [0.4, 0.5) is 0 Å². The Bertz CT molecular complexity index is 1010. The molecule has 6 nitrogen and oxygen atoms in total. The minimum absolute atomic E-state index is 0.350. The van der Waals surface area contributed by atoms with Crippen LogP contribution in [0.2, 0.25) is 0 Å². The van der Waals surface area contributed by atoms with Crippen molar-refractivity contribution in [1.29, 1.82) is 0 Å². The van der Waals surface area contributed by atoms with E-state index in [0.717, 1.165) is 16.3 Å². The second-order valence-corrected chi connectivity index (χ2v) is 5.94. The van der Waals surface area contributed by atoms with E-state index in [9.17, 15) is 4.79 Å². The molecule has 0 heterocycles. The summed E-state index contributed by atoms with van der Waals surface area (Å²) in [4.78, 5) is 12.6. The van der Waals surface area contributed by atoms with Gasteiger partial charge in [-0.15, -0.1) is 0 Å². The maximum atomic E-state index is 12.6. The summed E-state index contributed by atoms with van der Waals surface area (Å²) in [6.07, 6.45) is 1.55. The summed E-state index contributed by atoms with van der Waals surface area (Å²) in [6, 6.07) is 16.8. The third-order valence-electron chi connectivity index (χ3n) is 4.18. The van der Waals surface area contributed by atoms with Gasteiger partial charge in [0.05, 0.1) is 32.6 Å². The number of rotatable bonds is 7. The average molecular weight is 378 g/mol. The van der Waals surface area contributed by atoms with Gasteiger partial charge in [-0.3, -0.25) is 4.79 Å². The third-order valence-corrected chi connectivity index (χ3v) is 4.18. The van der Waals surface area contributed by atoms with Crippen LogP contribution < -0.4 is 19.6 Å². The van der Waals surface area contributed by atoms with Crippen LogP contribution in [0.15, 0.2) is 59.7 Å². The number of benzene rings is 3. The Labute approximate surface area is 163 Å². The van der Waals surface area contributed by atoms with E-state index in [4.69, 9.17) is 14.2 Å². The number of hydrogen-bond acceptors (Lipinski definition) is 5. The first kappa shape index (κ1) is 19.2. The zero-order valence-electron chi connectivity index (χ0n) is 16.1. The first-order chi connectivity index (χ1) is 13.7. The minimum Gasteiger partial charge on any atom is -0.496 e. The summed E-state index contributed by atoms with van der Waals surface area (Å²) >= 11 is 0. The molecule has 0 fully saturated rings. The molecule has 0 aliphatic carbocycles. The van der Waals surface area contributed by atoms with Crippen LogP contribution in [0.25, 0.3) is 10.8 Å². The number of fused-ring (bicyclic) bond motifs is 1. The molecule has 0 aliphatic rings. The fourth-order valence-corrected chi connectivity index (χ4v) is 2.83. The van der Waals surface area contributed by atoms with Gasteiger partial charge in [0.2, 0.25) is 0 Å². The lowest BCUT2D eigenvalue weighted by Gasteiger charge is -2.10. The molecule has 0 spiro atoms. The van der Waals surface area contributed by atoms with Gasteiger partial charge in [0.25, 0.3) is 5.91 Å². The average Bonchev–Trinajstić information content (AvgIpc) is 2.73. The van der Waals surface area contributed by atoms with Crippen molar-refractivity contribution in [3.05, 3.63) is 65.7 Å². The quantitative estimate of drug-likeness (QED) is 0.498. The Morgan fingerprint density at radius 1 is 0.964 bits per heavy atom. The van der Waals surface area contributed by atoms with Gasteiger partial charge >= 0.3 is 0 Å². The van der Waals surface area contributed by atoms with Crippen molar-refractivity contribution in [3.8, 4) is 17.2 Å². The molecule has 0 bridgehead atoms. The van der Waals surface area contributed by atoms with Crippen molar-refractivity contribution < 1.29 is 19.0 Å². The number of nitrogens with zero attached hydrogens (tertiary/aromatic N) is 1. The Hall–Kier alpha value is -3.54. The van der Waals surface area contributed by atoms with Crippen LogP contribution in [0.5, 0.6) is 17.2 Å². The fourth-order valence-electron chi connectivity index (χ4n) is 2.83. The van der Waals surface area contributed by atoms with Crippen molar-refractivity contribution >= 4 is 22.9 Å². The van der Waals surface area contributed by atoms with E-state index in [2.05, 4.69) is 10.5 Å². The number of carbonyl (C=O) groups is 1. The number of methoxy groups -OCH3 is 2. The van der Waals surface area contributed by atoms with Gasteiger partial charge in [0.15, 0.2) is 11.5 Å². The first-order valence-electron chi connectivity index (χ1n) is 8.87. The molecular formula is C22H22N2O4. The summed E-state index contributed by atoms with van der Waals surface area (Å²) < 4.78 is 16.2. The van der Waals surface area contributed by atoms with Crippen molar-refractivity contribution in [1.82, 2.24) is 5.43 Å². The van der Waals surface area contributed by atoms with Crippen molar-refractivity contribution in [2.75, 3.05) is 20.8 Å². The lowest BCUT2D eigenvalue weighted by atomic mass is 10.1. The normalized spacial score (nSPS) is 10.8. The predicted molar refractivity (Wildman–Crippen MR) is 110 cm³/mol. The highest BCUT2D eigenvalue weighted by Gasteiger charge is 2.13. The molecule has 1 amide bonds. The number of hydrazone groups is 1. The van der Waals surface area contributed by atoms with Crippen LogP contribution in [0, 0.1) is 0 Å². The summed E-state index contributed by atoms with van der Waals surface area (Å²) in [6.45, 7) is 2.42. The molecule has 6 heteroatoms. The summed E-state index contributed by atoms with van der Waals surface area (Å²) in [7, 11) is 3.12. The molecule has 0 aromatic heterocycles. The highest BCUT2D eigenvalue weighted by atomic mass is 16.5. The van der Waals surface area contributed by atoms with Gasteiger partial charge in [-0.05, 0) is 53.6 Å². The highest BCUT2D eigenvalue weighted by molar-refractivity contribution is 6.02. The first-order valence-corrected chi connectivity index (χ1v) is 8.87. The number of amides is 1. The molecule has 0 unspecified atom stereocenters. The molecule has 144 valence electrons. The van der Waals surface area contributed by atoms with E-state index in [1.807, 2.05) is 43.3 Å². The summed E-state index contributed by atoms with van der Waals surface area (Å²) in [5.74, 6) is 1.41. The number of nitrogens with one attached hydrogen (secondary N) is 1. The molecule has 0 saturated carbocycles. The van der Waals surface area contributed by atoms with Crippen LogP contribution in [-0.2, 0) is 0 Å². The molecule has 3 aromatic carbocycles. The van der Waals surface area contributed by atoms with E-state index >= 15 is 0 Å². The van der Waals surface area contributed by atoms with E-state index in [1.54, 1.807) is 31.5 Å².